The van der Waals surface area contributed by atoms with Gasteiger partial charge in [-0.3, -0.25) is 4.99 Å². The molecule has 1 unspecified atom stereocenters. The Bertz CT molecular complexity index is 820. The van der Waals surface area contributed by atoms with Crippen LogP contribution in [0.2, 0.25) is 0 Å². The molecule has 1 atom stereocenters. The number of halogens is 1. The predicted octanol–water partition coefficient (Wildman–Crippen LogP) is 3.46. The molecule has 0 aromatic heterocycles. The average Bonchev–Trinajstić information content (AvgIpc) is 3.25. The molecule has 0 spiro atoms. The van der Waals surface area contributed by atoms with Crippen molar-refractivity contribution in [3.05, 3.63) is 65.0 Å². The number of aryl methyl sites for hydroxylation is 1. The van der Waals surface area contributed by atoms with E-state index in [1.54, 1.807) is 19.2 Å². The van der Waals surface area contributed by atoms with E-state index < -0.39 is 0 Å². The quantitative estimate of drug-likeness (QED) is 0.527. The zero-order valence-electron chi connectivity index (χ0n) is 17.2. The zero-order valence-corrected chi connectivity index (χ0v) is 17.2. The summed E-state index contributed by atoms with van der Waals surface area (Å²) in [5.41, 5.74) is 2.94. The Morgan fingerprint density at radius 3 is 2.83 bits per heavy atom. The van der Waals surface area contributed by atoms with Crippen molar-refractivity contribution in [2.75, 3.05) is 33.4 Å². The number of aliphatic imine (C=N–C) groups is 1. The van der Waals surface area contributed by atoms with Crippen LogP contribution in [0.4, 0.5) is 4.39 Å². The molecule has 1 saturated heterocycles. The Balaban J connectivity index is 1.51. The number of guanidine groups is 1. The van der Waals surface area contributed by atoms with Gasteiger partial charge in [-0.2, -0.15) is 0 Å². The summed E-state index contributed by atoms with van der Waals surface area (Å²) in [4.78, 5) is 4.26. The number of nitrogens with zero attached hydrogens (tertiary/aromatic N) is 1. The van der Waals surface area contributed by atoms with Gasteiger partial charge in [-0.25, -0.2) is 4.39 Å². The van der Waals surface area contributed by atoms with Crippen molar-refractivity contribution < 1.29 is 13.9 Å². The molecule has 2 aromatic carbocycles. The molecule has 29 heavy (non-hydrogen) atoms. The molecule has 1 aliphatic rings. The van der Waals surface area contributed by atoms with Gasteiger partial charge >= 0.3 is 0 Å². The van der Waals surface area contributed by atoms with Crippen molar-refractivity contribution in [1.82, 2.24) is 10.6 Å². The predicted molar refractivity (Wildman–Crippen MR) is 114 cm³/mol. The molecule has 0 aliphatic carbocycles. The lowest BCUT2D eigenvalue weighted by Crippen LogP contribution is -2.38. The van der Waals surface area contributed by atoms with Crippen LogP contribution in [-0.2, 0) is 17.7 Å². The molecular weight excluding hydrogens is 369 g/mol. The van der Waals surface area contributed by atoms with Crippen LogP contribution in [0, 0.1) is 18.7 Å². The topological polar surface area (TPSA) is 54.9 Å². The highest BCUT2D eigenvalue weighted by Gasteiger charge is 2.17. The molecule has 6 heteroatoms. The van der Waals surface area contributed by atoms with Crippen molar-refractivity contribution >= 4 is 5.96 Å². The Labute approximate surface area is 172 Å². The van der Waals surface area contributed by atoms with E-state index in [2.05, 4.69) is 40.7 Å². The minimum Gasteiger partial charge on any atom is -0.493 e. The lowest BCUT2D eigenvalue weighted by atomic mass is 10.1. The summed E-state index contributed by atoms with van der Waals surface area (Å²) >= 11 is 0. The molecule has 156 valence electrons. The monoisotopic (exact) mass is 399 g/mol. The van der Waals surface area contributed by atoms with Gasteiger partial charge in [0.25, 0.3) is 0 Å². The van der Waals surface area contributed by atoms with Crippen LogP contribution in [0.5, 0.6) is 5.75 Å². The van der Waals surface area contributed by atoms with E-state index in [1.165, 1.54) is 11.6 Å². The first kappa shape index (κ1) is 21.1. The number of benzene rings is 2. The van der Waals surface area contributed by atoms with Crippen molar-refractivity contribution in [3.8, 4) is 5.75 Å². The van der Waals surface area contributed by atoms with E-state index in [0.29, 0.717) is 43.6 Å². The van der Waals surface area contributed by atoms with Crippen LogP contribution < -0.4 is 15.4 Å². The highest BCUT2D eigenvalue weighted by atomic mass is 19.1. The van der Waals surface area contributed by atoms with E-state index in [0.717, 1.165) is 30.9 Å². The Morgan fingerprint density at radius 1 is 1.21 bits per heavy atom. The molecule has 5 nitrogen and oxygen atoms in total. The maximum Gasteiger partial charge on any atom is 0.191 e. The highest BCUT2D eigenvalue weighted by molar-refractivity contribution is 5.79. The van der Waals surface area contributed by atoms with Crippen LogP contribution in [0.1, 0.15) is 23.1 Å². The van der Waals surface area contributed by atoms with Gasteiger partial charge in [-0.05, 0) is 43.0 Å². The van der Waals surface area contributed by atoms with E-state index >= 15 is 0 Å². The van der Waals surface area contributed by atoms with E-state index in [9.17, 15) is 4.39 Å². The summed E-state index contributed by atoms with van der Waals surface area (Å²) in [7, 11) is 1.73. The summed E-state index contributed by atoms with van der Waals surface area (Å²) in [6, 6.07) is 13.1. The standard InChI is InChI=1S/C23H30FN3O2/c1-17-7-8-20(22(13-17)29-16-18-10-12-28-15-18)14-27-23(25-2)26-11-9-19-5-3-4-6-21(19)24/h3-8,13,18H,9-12,14-16H2,1-2H3,(H2,25,26,27). The second kappa shape index (κ2) is 10.8. The maximum absolute atomic E-state index is 13.7. The summed E-state index contributed by atoms with van der Waals surface area (Å²) in [5.74, 6) is 1.86. The summed E-state index contributed by atoms with van der Waals surface area (Å²) in [5, 5.41) is 6.55. The van der Waals surface area contributed by atoms with E-state index in [-0.39, 0.29) is 5.82 Å². The number of hydrogen-bond donors (Lipinski definition) is 2. The van der Waals surface area contributed by atoms with Gasteiger partial charge in [0.2, 0.25) is 0 Å². The molecule has 0 saturated carbocycles. The highest BCUT2D eigenvalue weighted by Crippen LogP contribution is 2.22. The van der Waals surface area contributed by atoms with Crippen LogP contribution >= 0.6 is 0 Å². The fraction of sp³-hybridized carbons (Fsp3) is 0.435. The van der Waals surface area contributed by atoms with Crippen molar-refractivity contribution in [1.29, 1.82) is 0 Å². The summed E-state index contributed by atoms with van der Waals surface area (Å²) in [6.45, 7) is 5.52. The Morgan fingerprint density at radius 2 is 2.07 bits per heavy atom. The molecule has 2 aromatic rings. The largest absolute Gasteiger partial charge is 0.493 e. The van der Waals surface area contributed by atoms with E-state index in [4.69, 9.17) is 9.47 Å². The lowest BCUT2D eigenvalue weighted by molar-refractivity contribution is 0.166. The number of ether oxygens (including phenoxy) is 2. The molecule has 1 fully saturated rings. The lowest BCUT2D eigenvalue weighted by Gasteiger charge is -2.17. The van der Waals surface area contributed by atoms with Gasteiger partial charge < -0.3 is 20.1 Å². The maximum atomic E-state index is 13.7. The third kappa shape index (κ3) is 6.46. The Kier molecular flexibility index (Phi) is 7.87. The zero-order chi connectivity index (χ0) is 20.5. The van der Waals surface area contributed by atoms with Gasteiger partial charge in [0.15, 0.2) is 5.96 Å². The van der Waals surface area contributed by atoms with Gasteiger partial charge in [0, 0.05) is 38.2 Å². The summed E-state index contributed by atoms with van der Waals surface area (Å²) in [6.07, 6.45) is 1.65. The Hall–Kier alpha value is -2.60. The SMILES string of the molecule is CN=C(NCCc1ccccc1F)NCc1ccc(C)cc1OCC1CCOC1. The molecule has 1 heterocycles. The van der Waals surface area contributed by atoms with Gasteiger partial charge in [0.1, 0.15) is 11.6 Å². The number of hydrogen-bond acceptors (Lipinski definition) is 3. The fourth-order valence-corrected chi connectivity index (χ4v) is 3.28. The van der Waals surface area contributed by atoms with Crippen molar-refractivity contribution in [2.24, 2.45) is 10.9 Å². The van der Waals surface area contributed by atoms with Crippen molar-refractivity contribution in [2.45, 2.75) is 26.3 Å². The third-order valence-corrected chi connectivity index (χ3v) is 5.04. The van der Waals surface area contributed by atoms with Crippen LogP contribution in [0.3, 0.4) is 0 Å². The smallest absolute Gasteiger partial charge is 0.191 e. The normalized spacial score (nSPS) is 16.7. The number of nitrogens with one attached hydrogen (secondary N) is 2. The first-order valence-corrected chi connectivity index (χ1v) is 10.1. The molecule has 2 N–H and O–H groups in total. The van der Waals surface area contributed by atoms with Crippen molar-refractivity contribution in [3.63, 3.8) is 0 Å². The molecule has 1 aliphatic heterocycles. The first-order valence-electron chi connectivity index (χ1n) is 10.1. The third-order valence-electron chi connectivity index (χ3n) is 5.04. The minimum atomic E-state index is -0.175. The average molecular weight is 400 g/mol. The van der Waals surface area contributed by atoms with Crippen LogP contribution in [-0.4, -0.2) is 39.4 Å². The molecule has 0 amide bonds. The summed E-state index contributed by atoms with van der Waals surface area (Å²) < 4.78 is 25.3. The first-order chi connectivity index (χ1) is 14.2. The molecule has 0 radical (unpaired) electrons. The van der Waals surface area contributed by atoms with Crippen LogP contribution in [0.25, 0.3) is 0 Å². The van der Waals surface area contributed by atoms with Crippen LogP contribution in [0.15, 0.2) is 47.5 Å². The molecule has 3 rings (SSSR count). The second-order valence-electron chi connectivity index (χ2n) is 7.35. The molecule has 0 bridgehead atoms. The van der Waals surface area contributed by atoms with Gasteiger partial charge in [-0.15, -0.1) is 0 Å². The van der Waals surface area contributed by atoms with Gasteiger partial charge in [0.05, 0.1) is 13.2 Å². The minimum absolute atomic E-state index is 0.175. The number of rotatable bonds is 8. The van der Waals surface area contributed by atoms with Gasteiger partial charge in [-0.1, -0.05) is 30.3 Å². The molecular formula is C23H30FN3O2. The second-order valence-corrected chi connectivity index (χ2v) is 7.35. The van der Waals surface area contributed by atoms with E-state index in [1.807, 2.05) is 6.07 Å². The fourth-order valence-electron chi connectivity index (χ4n) is 3.28.